The van der Waals surface area contributed by atoms with E-state index in [4.69, 9.17) is 5.73 Å². The molecule has 0 aliphatic carbocycles. The van der Waals surface area contributed by atoms with Gasteiger partial charge in [-0.05, 0) is 29.7 Å². The van der Waals surface area contributed by atoms with Crippen molar-refractivity contribution in [3.05, 3.63) is 52.7 Å². The molecule has 2 heterocycles. The molecule has 2 N–H and O–H groups in total. The molecule has 0 spiro atoms. The average Bonchev–Trinajstić information content (AvgIpc) is 2.83. The minimum atomic E-state index is 0.327. The smallest absolute Gasteiger partial charge is 0.141 e. The normalized spacial score (nSPS) is 13.2. The summed E-state index contributed by atoms with van der Waals surface area (Å²) >= 11 is 0. The number of nitrogen functional groups attached to an aromatic ring is 1. The summed E-state index contributed by atoms with van der Waals surface area (Å²) in [4.78, 5) is 6.35. The number of benzene rings is 1. The summed E-state index contributed by atoms with van der Waals surface area (Å²) in [5.74, 6) is 0.327. The number of nitriles is 1. The van der Waals surface area contributed by atoms with E-state index in [9.17, 15) is 5.26 Å². The van der Waals surface area contributed by atoms with Gasteiger partial charge in [0.15, 0.2) is 0 Å². The van der Waals surface area contributed by atoms with E-state index in [2.05, 4.69) is 35.0 Å². The first-order chi connectivity index (χ1) is 9.20. The van der Waals surface area contributed by atoms with Gasteiger partial charge in [-0.2, -0.15) is 5.26 Å². The number of nitrogens with zero attached hydrogens (tertiary/aromatic N) is 3. The number of aromatic nitrogens is 1. The lowest BCUT2D eigenvalue weighted by atomic mass is 10.1. The Kier molecular flexibility index (Phi) is 2.60. The highest BCUT2D eigenvalue weighted by Gasteiger charge is 2.24. The van der Waals surface area contributed by atoms with Crippen LogP contribution in [-0.4, -0.2) is 4.98 Å². The highest BCUT2D eigenvalue weighted by molar-refractivity contribution is 5.62. The van der Waals surface area contributed by atoms with Gasteiger partial charge in [-0.15, -0.1) is 0 Å². The van der Waals surface area contributed by atoms with E-state index >= 15 is 0 Å². The Hall–Kier alpha value is -2.54. The van der Waals surface area contributed by atoms with Gasteiger partial charge in [0.2, 0.25) is 0 Å². The zero-order valence-electron chi connectivity index (χ0n) is 10.7. The van der Waals surface area contributed by atoms with Crippen LogP contribution in [0.3, 0.4) is 0 Å². The van der Waals surface area contributed by atoms with Crippen molar-refractivity contribution in [2.24, 2.45) is 0 Å². The predicted octanol–water partition coefficient (Wildman–Crippen LogP) is 2.36. The number of hydrogen-bond donors (Lipinski definition) is 1. The number of aryl methyl sites for hydroxylation is 1. The second kappa shape index (κ2) is 4.29. The van der Waals surface area contributed by atoms with Gasteiger partial charge >= 0.3 is 0 Å². The summed E-state index contributed by atoms with van der Waals surface area (Å²) in [6, 6.07) is 10.4. The first-order valence-electron chi connectivity index (χ1n) is 6.17. The summed E-state index contributed by atoms with van der Waals surface area (Å²) in [5.41, 5.74) is 10.8. The van der Waals surface area contributed by atoms with Gasteiger partial charge in [-0.25, -0.2) is 4.98 Å². The van der Waals surface area contributed by atoms with E-state index in [0.717, 1.165) is 24.2 Å². The molecule has 4 nitrogen and oxygen atoms in total. The molecule has 0 bridgehead atoms. The van der Waals surface area contributed by atoms with E-state index in [1.807, 2.05) is 12.1 Å². The van der Waals surface area contributed by atoms with Crippen molar-refractivity contribution in [1.82, 2.24) is 4.98 Å². The summed E-state index contributed by atoms with van der Waals surface area (Å²) in [6.07, 6.45) is 1.78. The molecule has 2 aromatic rings. The third kappa shape index (κ3) is 1.80. The van der Waals surface area contributed by atoms with Crippen molar-refractivity contribution < 1.29 is 0 Å². The van der Waals surface area contributed by atoms with Crippen LogP contribution in [0.25, 0.3) is 0 Å². The molecule has 1 aromatic carbocycles. The third-order valence-electron chi connectivity index (χ3n) is 3.58. The fourth-order valence-corrected chi connectivity index (χ4v) is 2.59. The van der Waals surface area contributed by atoms with E-state index < -0.39 is 0 Å². The lowest BCUT2D eigenvalue weighted by Crippen LogP contribution is -2.15. The molecule has 3 rings (SSSR count). The maximum atomic E-state index is 9.21. The van der Waals surface area contributed by atoms with Gasteiger partial charge in [0.1, 0.15) is 11.9 Å². The average molecular weight is 250 g/mol. The monoisotopic (exact) mass is 250 g/mol. The molecular formula is C15H14N4. The van der Waals surface area contributed by atoms with Crippen LogP contribution in [0.2, 0.25) is 0 Å². The molecule has 1 aliphatic rings. The highest BCUT2D eigenvalue weighted by atomic mass is 15.1. The van der Waals surface area contributed by atoms with Crippen molar-refractivity contribution in [3.63, 3.8) is 0 Å². The minimum Gasteiger partial charge on any atom is -0.383 e. The summed E-state index contributed by atoms with van der Waals surface area (Å²) in [7, 11) is 0. The van der Waals surface area contributed by atoms with E-state index in [0.29, 0.717) is 11.4 Å². The number of fused-ring (bicyclic) bond motifs is 1. The molecule has 0 atom stereocenters. The maximum absolute atomic E-state index is 9.21. The third-order valence-corrected chi connectivity index (χ3v) is 3.58. The lowest BCUT2D eigenvalue weighted by Gasteiger charge is -2.19. The minimum absolute atomic E-state index is 0.327. The Morgan fingerprint density at radius 3 is 2.84 bits per heavy atom. The molecule has 1 aliphatic heterocycles. The van der Waals surface area contributed by atoms with Crippen LogP contribution in [0.15, 0.2) is 30.5 Å². The quantitative estimate of drug-likeness (QED) is 0.843. The van der Waals surface area contributed by atoms with Crippen LogP contribution < -0.4 is 10.6 Å². The molecule has 0 radical (unpaired) electrons. The van der Waals surface area contributed by atoms with E-state index in [1.54, 1.807) is 6.20 Å². The predicted molar refractivity (Wildman–Crippen MR) is 74.4 cm³/mol. The standard InChI is InChI=1S/C15H14N4/c1-10-4-2-3-5-14(10)19-8-11-7-18-15(17)12(6-16)13(11)9-19/h2-5,7H,8-9H2,1H3,(H2,17,18). The maximum Gasteiger partial charge on any atom is 0.141 e. The van der Waals surface area contributed by atoms with Crippen LogP contribution in [0.1, 0.15) is 22.3 Å². The molecule has 4 heteroatoms. The van der Waals surface area contributed by atoms with Gasteiger partial charge < -0.3 is 10.6 Å². The van der Waals surface area contributed by atoms with Crippen LogP contribution in [0.5, 0.6) is 0 Å². The Morgan fingerprint density at radius 2 is 2.11 bits per heavy atom. The topological polar surface area (TPSA) is 65.9 Å². The van der Waals surface area contributed by atoms with E-state index in [1.165, 1.54) is 11.3 Å². The van der Waals surface area contributed by atoms with Gasteiger partial charge in [-0.1, -0.05) is 18.2 Å². The number of rotatable bonds is 1. The second-order valence-corrected chi connectivity index (χ2v) is 4.78. The zero-order chi connectivity index (χ0) is 13.4. The number of hydrogen-bond acceptors (Lipinski definition) is 4. The molecule has 1 aromatic heterocycles. The molecular weight excluding hydrogens is 236 g/mol. The zero-order valence-corrected chi connectivity index (χ0v) is 10.7. The number of anilines is 2. The summed E-state index contributed by atoms with van der Waals surface area (Å²) in [6.45, 7) is 3.59. The van der Waals surface area contributed by atoms with Crippen molar-refractivity contribution in [2.45, 2.75) is 20.0 Å². The van der Waals surface area contributed by atoms with Gasteiger partial charge in [0.05, 0.1) is 5.56 Å². The summed E-state index contributed by atoms with van der Waals surface area (Å²) in [5, 5.41) is 9.21. The van der Waals surface area contributed by atoms with Crippen molar-refractivity contribution in [1.29, 1.82) is 5.26 Å². The van der Waals surface area contributed by atoms with Crippen LogP contribution in [-0.2, 0) is 13.1 Å². The van der Waals surface area contributed by atoms with Crippen LogP contribution in [0, 0.1) is 18.3 Å². The van der Waals surface area contributed by atoms with Crippen LogP contribution >= 0.6 is 0 Å². The van der Waals surface area contributed by atoms with Crippen molar-refractivity contribution in [2.75, 3.05) is 10.6 Å². The Labute approximate surface area is 112 Å². The Balaban J connectivity index is 2.02. The number of nitrogens with two attached hydrogens (primary N) is 1. The largest absolute Gasteiger partial charge is 0.383 e. The number of pyridine rings is 1. The first kappa shape index (κ1) is 11.5. The van der Waals surface area contributed by atoms with Crippen molar-refractivity contribution in [3.8, 4) is 6.07 Å². The SMILES string of the molecule is Cc1ccccc1N1Cc2cnc(N)c(C#N)c2C1. The van der Waals surface area contributed by atoms with Crippen molar-refractivity contribution >= 4 is 11.5 Å². The molecule has 94 valence electrons. The molecule has 0 saturated heterocycles. The molecule has 0 saturated carbocycles. The Bertz CT molecular complexity index is 685. The van der Waals surface area contributed by atoms with Gasteiger partial charge in [0.25, 0.3) is 0 Å². The summed E-state index contributed by atoms with van der Waals surface area (Å²) < 4.78 is 0. The molecule has 0 amide bonds. The molecule has 19 heavy (non-hydrogen) atoms. The van der Waals surface area contributed by atoms with Gasteiger partial charge in [-0.3, -0.25) is 0 Å². The first-order valence-corrected chi connectivity index (χ1v) is 6.17. The Morgan fingerprint density at radius 1 is 1.32 bits per heavy atom. The van der Waals surface area contributed by atoms with E-state index in [-0.39, 0.29) is 0 Å². The fraction of sp³-hybridized carbons (Fsp3) is 0.200. The highest BCUT2D eigenvalue weighted by Crippen LogP contribution is 2.32. The second-order valence-electron chi connectivity index (χ2n) is 4.78. The fourth-order valence-electron chi connectivity index (χ4n) is 2.59. The van der Waals surface area contributed by atoms with Crippen LogP contribution in [0.4, 0.5) is 11.5 Å². The van der Waals surface area contributed by atoms with Gasteiger partial charge in [0, 0.05) is 25.0 Å². The number of para-hydroxylation sites is 1. The molecule has 0 unspecified atom stereocenters. The lowest BCUT2D eigenvalue weighted by molar-refractivity contribution is 0.874. The molecule has 0 fully saturated rings.